The number of anilines is 1. The van der Waals surface area contributed by atoms with Gasteiger partial charge in [-0.1, -0.05) is 11.6 Å². The Kier molecular flexibility index (Phi) is 5.26. The average Bonchev–Trinajstić information content (AvgIpc) is 2.19. The fraction of sp³-hybridized carbons (Fsp3) is 0.200. The predicted molar refractivity (Wildman–Crippen MR) is 75.0 cm³/mol. The highest BCUT2D eigenvalue weighted by Gasteiger charge is 1.97. The zero-order valence-corrected chi connectivity index (χ0v) is 12.1. The Morgan fingerprint density at radius 3 is 2.93 bits per heavy atom. The lowest BCUT2D eigenvalue weighted by Crippen LogP contribution is -2.02. The van der Waals surface area contributed by atoms with Crippen LogP contribution in [0.15, 0.2) is 33.8 Å². The van der Waals surface area contributed by atoms with Gasteiger partial charge in [0.25, 0.3) is 0 Å². The Bertz CT molecular complexity index is 352. The molecule has 4 heteroatoms. The first kappa shape index (κ1) is 12.3. The van der Waals surface area contributed by atoms with Crippen molar-refractivity contribution in [3.63, 3.8) is 0 Å². The zero-order valence-electron chi connectivity index (χ0n) is 7.65. The molecule has 0 bridgehead atoms. The van der Waals surface area contributed by atoms with Crippen molar-refractivity contribution < 1.29 is 0 Å². The molecule has 0 aliphatic carbocycles. The molecule has 0 amide bonds. The molecule has 0 heterocycles. The standard InChI is InChI=1S/C10H10BrClIN/c1-7(5-12)6-14-8-2-3-9(11)10(13)4-8/h2-5,14H,6H2,1H3/b7-5-. The zero-order chi connectivity index (χ0) is 10.6. The number of rotatable bonds is 3. The number of hydrogen-bond acceptors (Lipinski definition) is 1. The Hall–Kier alpha value is 0.260. The van der Waals surface area contributed by atoms with Crippen molar-refractivity contribution in [2.75, 3.05) is 11.9 Å². The molecule has 0 aliphatic rings. The molecule has 1 rings (SSSR count). The molecule has 1 nitrogen and oxygen atoms in total. The highest BCUT2D eigenvalue weighted by Crippen LogP contribution is 2.22. The summed E-state index contributed by atoms with van der Waals surface area (Å²) >= 11 is 11.3. The van der Waals surface area contributed by atoms with Crippen LogP contribution in [0.5, 0.6) is 0 Å². The van der Waals surface area contributed by atoms with Crippen LogP contribution >= 0.6 is 50.1 Å². The fourth-order valence-corrected chi connectivity index (χ4v) is 1.73. The minimum atomic E-state index is 0.779. The summed E-state index contributed by atoms with van der Waals surface area (Å²) < 4.78 is 2.31. The SMILES string of the molecule is C/C(=C/Cl)CNc1ccc(Br)c(I)c1. The molecular weight excluding hydrogens is 376 g/mol. The average molecular weight is 386 g/mol. The topological polar surface area (TPSA) is 12.0 Å². The van der Waals surface area contributed by atoms with Gasteiger partial charge in [0.05, 0.1) is 0 Å². The number of benzene rings is 1. The molecule has 0 aliphatic heterocycles. The van der Waals surface area contributed by atoms with E-state index in [2.05, 4.69) is 49.9 Å². The smallest absolute Gasteiger partial charge is 0.0369 e. The van der Waals surface area contributed by atoms with Crippen molar-refractivity contribution in [1.29, 1.82) is 0 Å². The molecule has 0 unspecified atom stereocenters. The molecule has 0 aromatic heterocycles. The number of hydrogen-bond donors (Lipinski definition) is 1. The van der Waals surface area contributed by atoms with Crippen LogP contribution in [-0.2, 0) is 0 Å². The molecule has 0 radical (unpaired) electrons. The predicted octanol–water partition coefficient (Wildman–Crippen LogP) is 4.61. The summed E-state index contributed by atoms with van der Waals surface area (Å²) in [6.07, 6.45) is 0. The second-order valence-electron chi connectivity index (χ2n) is 2.94. The van der Waals surface area contributed by atoms with Crippen LogP contribution in [0, 0.1) is 3.57 Å². The summed E-state index contributed by atoms with van der Waals surface area (Å²) in [7, 11) is 0. The maximum absolute atomic E-state index is 5.56. The molecule has 76 valence electrons. The van der Waals surface area contributed by atoms with E-state index in [9.17, 15) is 0 Å². The van der Waals surface area contributed by atoms with E-state index in [4.69, 9.17) is 11.6 Å². The lowest BCUT2D eigenvalue weighted by molar-refractivity contribution is 1.21. The molecular formula is C10H10BrClIN. The lowest BCUT2D eigenvalue weighted by atomic mass is 10.3. The van der Waals surface area contributed by atoms with Crippen LogP contribution in [0.1, 0.15) is 6.92 Å². The van der Waals surface area contributed by atoms with Crippen molar-refractivity contribution in [2.45, 2.75) is 6.92 Å². The maximum atomic E-state index is 5.56. The van der Waals surface area contributed by atoms with E-state index < -0.39 is 0 Å². The van der Waals surface area contributed by atoms with Gasteiger partial charge in [-0.05, 0) is 69.2 Å². The van der Waals surface area contributed by atoms with E-state index >= 15 is 0 Å². The molecule has 1 N–H and O–H groups in total. The Labute approximate surface area is 111 Å². The largest absolute Gasteiger partial charge is 0.381 e. The first-order valence-electron chi connectivity index (χ1n) is 4.08. The van der Waals surface area contributed by atoms with Crippen LogP contribution in [0.2, 0.25) is 0 Å². The Morgan fingerprint density at radius 1 is 1.64 bits per heavy atom. The second kappa shape index (κ2) is 5.98. The summed E-state index contributed by atoms with van der Waals surface area (Å²) in [5.41, 5.74) is 3.82. The Morgan fingerprint density at radius 2 is 2.36 bits per heavy atom. The van der Waals surface area contributed by atoms with Crippen LogP contribution in [-0.4, -0.2) is 6.54 Å². The van der Waals surface area contributed by atoms with Gasteiger partial charge >= 0.3 is 0 Å². The fourth-order valence-electron chi connectivity index (χ4n) is 0.886. The van der Waals surface area contributed by atoms with Crippen LogP contribution in [0.4, 0.5) is 5.69 Å². The van der Waals surface area contributed by atoms with Gasteiger partial charge in [0.15, 0.2) is 0 Å². The van der Waals surface area contributed by atoms with Crippen LogP contribution in [0.3, 0.4) is 0 Å². The number of nitrogens with one attached hydrogen (secondary N) is 1. The van der Waals surface area contributed by atoms with Crippen LogP contribution in [0.25, 0.3) is 0 Å². The third-order valence-electron chi connectivity index (χ3n) is 1.68. The highest BCUT2D eigenvalue weighted by molar-refractivity contribution is 14.1. The van der Waals surface area contributed by atoms with E-state index in [-0.39, 0.29) is 0 Å². The van der Waals surface area contributed by atoms with E-state index in [1.54, 1.807) is 5.54 Å². The first-order chi connectivity index (χ1) is 6.63. The van der Waals surface area contributed by atoms with E-state index in [1.807, 2.05) is 19.1 Å². The molecule has 1 aromatic carbocycles. The minimum absolute atomic E-state index is 0.779. The summed E-state index contributed by atoms with van der Waals surface area (Å²) in [6, 6.07) is 6.16. The van der Waals surface area contributed by atoms with Crippen LogP contribution < -0.4 is 5.32 Å². The van der Waals surface area contributed by atoms with E-state index in [1.165, 1.54) is 3.57 Å². The molecule has 0 saturated carbocycles. The van der Waals surface area contributed by atoms with E-state index in [0.717, 1.165) is 22.3 Å². The summed E-state index contributed by atoms with van der Waals surface area (Å²) in [5.74, 6) is 0. The lowest BCUT2D eigenvalue weighted by Gasteiger charge is -2.07. The molecule has 0 spiro atoms. The Balaban J connectivity index is 2.64. The molecule has 1 aromatic rings. The van der Waals surface area contributed by atoms with Crippen molar-refractivity contribution >= 4 is 55.8 Å². The van der Waals surface area contributed by atoms with Crippen molar-refractivity contribution in [1.82, 2.24) is 0 Å². The summed E-state index contributed by atoms with van der Waals surface area (Å²) in [6.45, 7) is 2.77. The highest BCUT2D eigenvalue weighted by atomic mass is 127. The van der Waals surface area contributed by atoms with Gasteiger partial charge in [0.2, 0.25) is 0 Å². The first-order valence-corrected chi connectivity index (χ1v) is 6.39. The van der Waals surface area contributed by atoms with Gasteiger partial charge in [0, 0.05) is 25.8 Å². The van der Waals surface area contributed by atoms with Crippen molar-refractivity contribution in [3.05, 3.63) is 37.4 Å². The van der Waals surface area contributed by atoms with Crippen molar-refractivity contribution in [3.8, 4) is 0 Å². The third kappa shape index (κ3) is 3.79. The van der Waals surface area contributed by atoms with Crippen molar-refractivity contribution in [2.24, 2.45) is 0 Å². The van der Waals surface area contributed by atoms with Gasteiger partial charge < -0.3 is 5.32 Å². The summed E-state index contributed by atoms with van der Waals surface area (Å²) in [4.78, 5) is 0. The minimum Gasteiger partial charge on any atom is -0.381 e. The summed E-state index contributed by atoms with van der Waals surface area (Å²) in [5, 5.41) is 3.29. The maximum Gasteiger partial charge on any atom is 0.0369 e. The molecule has 0 fully saturated rings. The molecule has 0 saturated heterocycles. The normalized spacial score (nSPS) is 11.6. The second-order valence-corrected chi connectivity index (χ2v) is 5.17. The molecule has 14 heavy (non-hydrogen) atoms. The third-order valence-corrected chi connectivity index (χ3v) is 4.37. The molecule has 0 atom stereocenters. The van der Waals surface area contributed by atoms with Gasteiger partial charge in [-0.15, -0.1) is 0 Å². The van der Waals surface area contributed by atoms with Gasteiger partial charge in [-0.2, -0.15) is 0 Å². The number of halogens is 3. The monoisotopic (exact) mass is 385 g/mol. The van der Waals surface area contributed by atoms with E-state index in [0.29, 0.717) is 0 Å². The van der Waals surface area contributed by atoms with Gasteiger partial charge in [0.1, 0.15) is 0 Å². The van der Waals surface area contributed by atoms with Gasteiger partial charge in [-0.25, -0.2) is 0 Å². The quantitative estimate of drug-likeness (QED) is 0.748. The van der Waals surface area contributed by atoms with Gasteiger partial charge in [-0.3, -0.25) is 0 Å².